The van der Waals surface area contributed by atoms with Crippen molar-refractivity contribution in [2.75, 3.05) is 19.0 Å². The van der Waals surface area contributed by atoms with E-state index in [9.17, 15) is 9.35 Å². The molecule has 2 heterocycles. The lowest BCUT2D eigenvalue weighted by atomic mass is 10.0. The summed E-state index contributed by atoms with van der Waals surface area (Å²) in [5.74, 6) is 0.455. The van der Waals surface area contributed by atoms with Gasteiger partial charge in [0.1, 0.15) is 22.9 Å². The van der Waals surface area contributed by atoms with Gasteiger partial charge >= 0.3 is 0 Å². The molecule has 0 spiro atoms. The highest BCUT2D eigenvalue weighted by molar-refractivity contribution is 7.90. The zero-order valence-corrected chi connectivity index (χ0v) is 41.4. The second kappa shape index (κ2) is 18.5. The minimum Gasteiger partial charge on any atom is -0.597 e. The van der Waals surface area contributed by atoms with Gasteiger partial charge in [0.05, 0.1) is 20.9 Å². The monoisotopic (exact) mass is 880 g/mol. The number of carbonyl (C=O) groups excluding carboxylic acids is 1. The van der Waals surface area contributed by atoms with Gasteiger partial charge in [0.2, 0.25) is 14.1 Å². The fourth-order valence-corrected chi connectivity index (χ4v) is 17.6. The van der Waals surface area contributed by atoms with Gasteiger partial charge in [-0.3, -0.25) is 4.79 Å². The average Bonchev–Trinajstić information content (AvgIpc) is 3.66. The number of rotatable bonds is 16. The Bertz CT molecular complexity index is 1770. The summed E-state index contributed by atoms with van der Waals surface area (Å²) in [6.07, 6.45) is 4.71. The summed E-state index contributed by atoms with van der Waals surface area (Å²) in [6.45, 7) is 31.9. The van der Waals surface area contributed by atoms with Crippen LogP contribution in [0.25, 0.3) is 0 Å². The number of aromatic nitrogens is 2. The lowest BCUT2D eigenvalue weighted by Gasteiger charge is -2.45. The van der Waals surface area contributed by atoms with Crippen molar-refractivity contribution >= 4 is 74.1 Å². The van der Waals surface area contributed by atoms with Crippen LogP contribution in [0.4, 0.5) is 5.82 Å². The first-order chi connectivity index (χ1) is 25.8. The third-order valence-electron chi connectivity index (χ3n) is 12.0. The molecule has 5 atom stereocenters. The maximum atomic E-state index is 14.4. The number of hydrogen-bond donors (Lipinski definition) is 1. The van der Waals surface area contributed by atoms with Crippen molar-refractivity contribution in [1.29, 1.82) is 0 Å². The summed E-state index contributed by atoms with van der Waals surface area (Å²) in [5.41, 5.74) is 3.25. The molecule has 1 saturated carbocycles. The minimum absolute atomic E-state index is 0.0170. The van der Waals surface area contributed by atoms with Gasteiger partial charge in [-0.15, -0.1) is 15.6 Å². The van der Waals surface area contributed by atoms with Crippen LogP contribution in [0.15, 0.2) is 42.9 Å². The van der Waals surface area contributed by atoms with Gasteiger partial charge in [0.25, 0.3) is 0 Å². The predicted octanol–water partition coefficient (Wildman–Crippen LogP) is 12.3. The zero-order chi connectivity index (χ0) is 42.1. The number of benzene rings is 1. The van der Waals surface area contributed by atoms with Gasteiger partial charge in [-0.25, -0.2) is 9.97 Å². The van der Waals surface area contributed by atoms with E-state index in [2.05, 4.69) is 90.7 Å². The van der Waals surface area contributed by atoms with Crippen LogP contribution in [-0.4, -0.2) is 71.8 Å². The van der Waals surface area contributed by atoms with Crippen molar-refractivity contribution in [2.24, 2.45) is 5.92 Å². The first kappa shape index (κ1) is 47.4. The second-order valence-electron chi connectivity index (χ2n) is 18.9. The van der Waals surface area contributed by atoms with Crippen molar-refractivity contribution in [3.8, 4) is 0 Å². The number of hydrogen-bond acceptors (Lipinski definition) is 9. The molecule has 0 bridgehead atoms. The molecule has 1 fully saturated rings. The van der Waals surface area contributed by atoms with Gasteiger partial charge in [-0.2, -0.15) is 0 Å². The van der Waals surface area contributed by atoms with Crippen LogP contribution in [0.3, 0.4) is 0 Å². The van der Waals surface area contributed by atoms with Crippen molar-refractivity contribution in [1.82, 2.24) is 14.3 Å². The fraction of sp³-hybridized carbons (Fsp3) is 0.643. The summed E-state index contributed by atoms with van der Waals surface area (Å²) in [6, 6.07) is 8.78. The number of nitrogens with zero attached hydrogens (tertiary/aromatic N) is 3. The Kier molecular flexibility index (Phi) is 15.7. The van der Waals surface area contributed by atoms with Crippen LogP contribution < -0.4 is 5.32 Å². The molecule has 0 radical (unpaired) electrons. The first-order valence-corrected chi connectivity index (χ1v) is 27.7. The van der Waals surface area contributed by atoms with Gasteiger partial charge in [-0.1, -0.05) is 97.6 Å². The standard InChI is InChI=1S/C42H66Cl2N4O4S2Si2/c1-26(2)56(27(3)4,28(5)6)52-35-21-32(20-30(35)24-51-55(14,15)42(10,11)12)47-40-34(23-45-25-46-40)38(49)36-22-33(39(44)53-36)37(29-17-16-18-31(43)19-29)48(13)54(50)41(7,8)9/h16-19,22-23,25-28,30,32,35,37H,20-21,24H2,1-15H3,(H,45,46,47)/t30-,32-,35+,37+,54?/m1/s1. The van der Waals surface area contributed by atoms with Crippen molar-refractivity contribution < 1.29 is 18.2 Å². The van der Waals surface area contributed by atoms with Crippen LogP contribution in [0.5, 0.6) is 0 Å². The van der Waals surface area contributed by atoms with Gasteiger partial charge in [-0.05, 0) is 92.1 Å². The largest absolute Gasteiger partial charge is 0.597 e. The molecule has 0 amide bonds. The van der Waals surface area contributed by atoms with E-state index >= 15 is 0 Å². The molecular formula is C42H66Cl2N4O4S2Si2. The van der Waals surface area contributed by atoms with Crippen molar-refractivity contribution in [2.45, 2.75) is 154 Å². The van der Waals surface area contributed by atoms with E-state index in [0.717, 1.165) is 18.4 Å². The normalized spacial score (nSPS) is 19.7. The van der Waals surface area contributed by atoms with Crippen LogP contribution in [0.2, 0.25) is 44.1 Å². The Morgan fingerprint density at radius 1 is 1.04 bits per heavy atom. The molecule has 56 heavy (non-hydrogen) atoms. The Hall–Kier alpha value is -1.33. The highest BCUT2D eigenvalue weighted by Crippen LogP contribution is 2.47. The van der Waals surface area contributed by atoms with Crippen LogP contribution in [-0.2, 0) is 20.2 Å². The number of carbonyl (C=O) groups is 1. The highest BCUT2D eigenvalue weighted by atomic mass is 35.5. The molecule has 3 aromatic rings. The lowest BCUT2D eigenvalue weighted by Crippen LogP contribution is -2.51. The van der Waals surface area contributed by atoms with E-state index in [-0.39, 0.29) is 28.9 Å². The summed E-state index contributed by atoms with van der Waals surface area (Å²) in [4.78, 5) is 23.8. The summed E-state index contributed by atoms with van der Waals surface area (Å²) in [7, 11) is -2.39. The molecule has 2 aromatic heterocycles. The molecule has 0 saturated heterocycles. The molecule has 0 aliphatic heterocycles. The van der Waals surface area contributed by atoms with Crippen molar-refractivity contribution in [3.05, 3.63) is 73.8 Å². The van der Waals surface area contributed by atoms with Gasteiger partial charge in [0.15, 0.2) is 8.32 Å². The van der Waals surface area contributed by atoms with Crippen LogP contribution in [0, 0.1) is 5.92 Å². The van der Waals surface area contributed by atoms with Gasteiger partial charge < -0.3 is 18.7 Å². The third kappa shape index (κ3) is 10.5. The molecule has 14 heteroatoms. The Labute approximate surface area is 356 Å². The average molecular weight is 882 g/mol. The summed E-state index contributed by atoms with van der Waals surface area (Å²) >= 11 is 13.2. The number of nitrogens with one attached hydrogen (secondary N) is 1. The smallest absolute Gasteiger partial charge is 0.208 e. The van der Waals surface area contributed by atoms with E-state index in [1.54, 1.807) is 16.6 Å². The molecule has 1 N–H and O–H groups in total. The molecule has 4 rings (SSSR count). The maximum absolute atomic E-state index is 14.4. The van der Waals surface area contributed by atoms with E-state index in [4.69, 9.17) is 32.1 Å². The molecule has 1 aromatic carbocycles. The molecular weight excluding hydrogens is 816 g/mol. The Morgan fingerprint density at radius 2 is 1.66 bits per heavy atom. The number of halogens is 2. The summed E-state index contributed by atoms with van der Waals surface area (Å²) < 4.78 is 29.8. The Morgan fingerprint density at radius 3 is 2.21 bits per heavy atom. The van der Waals surface area contributed by atoms with Crippen LogP contribution in [0.1, 0.15) is 128 Å². The molecule has 1 unspecified atom stereocenters. The number of anilines is 1. The maximum Gasteiger partial charge on any atom is 0.208 e. The fourth-order valence-electron chi connectivity index (χ4n) is 8.13. The third-order valence-corrected chi connectivity index (χ3v) is 26.0. The van der Waals surface area contributed by atoms with E-state index in [0.29, 0.717) is 54.4 Å². The quantitative estimate of drug-likeness (QED) is 0.0863. The predicted molar refractivity (Wildman–Crippen MR) is 243 cm³/mol. The van der Waals surface area contributed by atoms with E-state index in [1.165, 1.54) is 17.7 Å². The molecule has 8 nitrogen and oxygen atoms in total. The SMILES string of the molecule is CC(C)[Si](O[C@H]1C[C@H](Nc2ncncc2C(=O)c2cc([C@H](c3cccc(Cl)c3)N(C)[S+]([O-])C(C)(C)C)c(Cl)s2)C[C@@H]1CO[Si](C)(C)C(C)(C)C)(C(C)C)C(C)C. The van der Waals surface area contributed by atoms with Gasteiger partial charge in [0, 0.05) is 53.8 Å². The van der Waals surface area contributed by atoms with E-state index in [1.807, 2.05) is 52.1 Å². The molecule has 1 aliphatic rings. The van der Waals surface area contributed by atoms with Crippen molar-refractivity contribution in [3.63, 3.8) is 0 Å². The second-order valence-corrected chi connectivity index (χ2v) is 33.5. The van der Waals surface area contributed by atoms with E-state index < -0.39 is 38.8 Å². The minimum atomic E-state index is -2.20. The number of ketones is 1. The summed E-state index contributed by atoms with van der Waals surface area (Å²) in [5, 5.41) is 4.33. The first-order valence-electron chi connectivity index (χ1n) is 19.9. The number of thiophene rings is 1. The molecule has 1 aliphatic carbocycles. The topological polar surface area (TPSA) is 99.6 Å². The zero-order valence-electron chi connectivity index (χ0n) is 36.3. The highest BCUT2D eigenvalue weighted by Gasteiger charge is 2.50. The Balaban J connectivity index is 1.68. The lowest BCUT2D eigenvalue weighted by molar-refractivity contribution is 0.0971. The molecule has 312 valence electrons. The van der Waals surface area contributed by atoms with Crippen LogP contribution >= 0.6 is 34.5 Å².